The second kappa shape index (κ2) is 11.9. The quantitative estimate of drug-likeness (QED) is 0.155. The third-order valence-corrected chi connectivity index (χ3v) is 16.4. The lowest BCUT2D eigenvalue weighted by Gasteiger charge is -2.31. The monoisotopic (exact) mass is 639 g/mol. The molecule has 0 aliphatic carbocycles. The molecule has 226 valence electrons. The highest BCUT2D eigenvalue weighted by Gasteiger charge is 2.28. The van der Waals surface area contributed by atoms with Crippen LogP contribution in [0.4, 0.5) is 0 Å². The van der Waals surface area contributed by atoms with E-state index < -0.39 is 13.8 Å². The van der Waals surface area contributed by atoms with Gasteiger partial charge in [-0.1, -0.05) is 170 Å². The molecule has 0 radical (unpaired) electrons. The Hall–Kier alpha value is -5.06. The second-order valence-electron chi connectivity index (χ2n) is 12.0. The van der Waals surface area contributed by atoms with Crippen LogP contribution in [0.2, 0.25) is 0 Å². The Morgan fingerprint density at radius 3 is 0.957 bits per heavy atom. The fourth-order valence-corrected chi connectivity index (χ4v) is 13.0. The average Bonchev–Trinajstić information content (AvgIpc) is 3.50. The second-order valence-corrected chi connectivity index (χ2v) is 18.4. The van der Waals surface area contributed by atoms with Crippen LogP contribution in [0, 0.1) is 0 Å². The first-order valence-corrected chi connectivity index (χ1v) is 19.9. The van der Waals surface area contributed by atoms with Gasteiger partial charge in [0.05, 0.1) is 11.0 Å². The van der Waals surface area contributed by atoms with Crippen molar-refractivity contribution in [3.63, 3.8) is 0 Å². The first kappa shape index (κ1) is 29.3. The van der Waals surface area contributed by atoms with Crippen LogP contribution in [0.5, 0.6) is 0 Å². The molecular weight excluding hydrogens is 604 g/mol. The summed E-state index contributed by atoms with van der Waals surface area (Å²) in [6.07, 6.45) is 10.4. The van der Waals surface area contributed by atoms with E-state index in [-0.39, 0.29) is 0 Å². The van der Waals surface area contributed by atoms with Crippen molar-refractivity contribution < 1.29 is 0 Å². The van der Waals surface area contributed by atoms with E-state index in [1.165, 1.54) is 53.6 Å². The number of rotatable bonds is 7. The third kappa shape index (κ3) is 4.87. The van der Waals surface area contributed by atoms with Gasteiger partial charge in [-0.2, -0.15) is 0 Å². The van der Waals surface area contributed by atoms with E-state index in [0.717, 1.165) is 5.69 Å². The van der Waals surface area contributed by atoms with Gasteiger partial charge in [0, 0.05) is 16.5 Å². The molecule has 0 bridgehead atoms. The van der Waals surface area contributed by atoms with Crippen LogP contribution in [-0.4, -0.2) is 17.2 Å². The van der Waals surface area contributed by atoms with E-state index >= 15 is 0 Å². The highest BCUT2D eigenvalue weighted by atomic mass is 31.2. The van der Waals surface area contributed by atoms with Gasteiger partial charge in [-0.15, -0.1) is 0 Å². The molecule has 0 spiro atoms. The Bertz CT molecular complexity index is 2190. The molecule has 0 amide bonds. The van der Waals surface area contributed by atoms with Gasteiger partial charge in [-0.25, -0.2) is 0 Å². The maximum atomic E-state index is 5.19. The van der Waals surface area contributed by atoms with Crippen LogP contribution in [0.15, 0.2) is 188 Å². The van der Waals surface area contributed by atoms with Crippen molar-refractivity contribution in [3.8, 4) is 5.69 Å². The molecule has 0 fully saturated rings. The van der Waals surface area contributed by atoms with E-state index in [2.05, 4.69) is 193 Å². The van der Waals surface area contributed by atoms with Crippen molar-refractivity contribution in [3.05, 3.63) is 188 Å². The summed E-state index contributed by atoms with van der Waals surface area (Å²) in [7, 11) is 0. The van der Waals surface area contributed by atoms with Crippen molar-refractivity contribution in [1.82, 2.24) is 4.57 Å². The van der Waals surface area contributed by atoms with Crippen LogP contribution in [0.25, 0.3) is 27.5 Å². The van der Waals surface area contributed by atoms with Crippen LogP contribution in [0.3, 0.4) is 0 Å². The maximum absolute atomic E-state index is 5.19. The molecule has 1 nitrogen and oxygen atoms in total. The van der Waals surface area contributed by atoms with Gasteiger partial charge in [0.15, 0.2) is 0 Å². The van der Waals surface area contributed by atoms with Gasteiger partial charge in [0.2, 0.25) is 0 Å². The molecule has 3 heteroatoms. The summed E-state index contributed by atoms with van der Waals surface area (Å²) < 4.78 is 2.44. The molecule has 0 saturated heterocycles. The van der Waals surface area contributed by atoms with Crippen LogP contribution in [-0.2, 0) is 0 Å². The topological polar surface area (TPSA) is 4.93 Å². The van der Waals surface area contributed by atoms with Crippen molar-refractivity contribution in [2.75, 3.05) is 0 Å². The lowest BCUT2D eigenvalue weighted by Crippen LogP contribution is -2.31. The molecule has 8 aromatic rings. The van der Waals surface area contributed by atoms with E-state index in [0.29, 0.717) is 0 Å². The molecular formula is C44H35NP2. The Morgan fingerprint density at radius 1 is 0.319 bits per heavy atom. The van der Waals surface area contributed by atoms with Crippen LogP contribution >= 0.6 is 13.8 Å². The van der Waals surface area contributed by atoms with Gasteiger partial charge in [0.1, 0.15) is 0 Å². The Balaban J connectivity index is 1.53. The number of nitrogens with zero attached hydrogens (tertiary/aromatic N) is 1. The number of hydrogen-bond donors (Lipinski definition) is 0. The number of aromatic nitrogens is 1. The standard InChI is InChI=1S/C44H35NP2/c1-46(35-19-7-3-8-20-35,36-21-9-4-10-22-36)39-31-34(45-43-29-17-15-27-41(43)42-28-16-18-30-44(42)45)32-40(33-39)47(2,37-23-11-5-12-24-37)38-25-13-6-14-26-38/h3-33H,1-2H2. The molecule has 1 heterocycles. The van der Waals surface area contributed by atoms with E-state index in [1.807, 2.05) is 0 Å². The highest BCUT2D eigenvalue weighted by molar-refractivity contribution is 7.94. The fourth-order valence-electron chi connectivity index (χ4n) is 6.97. The molecule has 0 aliphatic heterocycles. The first-order valence-electron chi connectivity index (χ1n) is 15.9. The van der Waals surface area contributed by atoms with E-state index in [4.69, 9.17) is 12.6 Å². The first-order chi connectivity index (χ1) is 23.1. The maximum Gasteiger partial charge on any atom is 0.0541 e. The molecule has 0 atom stereocenters. The predicted molar refractivity (Wildman–Crippen MR) is 212 cm³/mol. The lowest BCUT2D eigenvalue weighted by atomic mass is 10.2. The summed E-state index contributed by atoms with van der Waals surface area (Å²) in [5, 5.41) is 9.99. The van der Waals surface area contributed by atoms with Crippen molar-refractivity contribution >= 4 is 80.0 Å². The van der Waals surface area contributed by atoms with E-state index in [9.17, 15) is 0 Å². The van der Waals surface area contributed by atoms with Crippen molar-refractivity contribution in [2.45, 2.75) is 0 Å². The zero-order valence-electron chi connectivity index (χ0n) is 26.2. The number of para-hydroxylation sites is 2. The molecule has 47 heavy (non-hydrogen) atoms. The minimum Gasteiger partial charge on any atom is -0.309 e. The Labute approximate surface area is 277 Å². The van der Waals surface area contributed by atoms with Gasteiger partial charge < -0.3 is 4.57 Å². The SMILES string of the molecule is C=P(c1ccccc1)(c1ccccc1)c1cc(-n2c3ccccc3c3ccccc32)cc(P(=C)(c2ccccc2)c2ccccc2)c1. The summed E-state index contributed by atoms with van der Waals surface area (Å²) in [6.45, 7) is -4.66. The van der Waals surface area contributed by atoms with E-state index in [1.54, 1.807) is 0 Å². The third-order valence-electron chi connectivity index (χ3n) is 9.39. The molecule has 0 saturated carbocycles. The average molecular weight is 640 g/mol. The van der Waals surface area contributed by atoms with Crippen molar-refractivity contribution in [1.29, 1.82) is 0 Å². The molecule has 8 rings (SSSR count). The Morgan fingerprint density at radius 2 is 0.617 bits per heavy atom. The normalized spacial score (nSPS) is 12.0. The largest absolute Gasteiger partial charge is 0.309 e. The predicted octanol–water partition coefficient (Wildman–Crippen LogP) is 8.24. The van der Waals surface area contributed by atoms with Gasteiger partial charge in [-0.05, 0) is 75.9 Å². The molecule has 0 aliphatic rings. The fraction of sp³-hybridized carbons (Fsp3) is 0. The summed E-state index contributed by atoms with van der Waals surface area (Å²) >= 11 is 0. The highest BCUT2D eigenvalue weighted by Crippen LogP contribution is 2.46. The minimum atomic E-state index is -2.33. The zero-order valence-corrected chi connectivity index (χ0v) is 27.9. The lowest BCUT2D eigenvalue weighted by molar-refractivity contribution is 1.19. The molecule has 0 N–H and O–H groups in total. The zero-order chi connectivity index (χ0) is 31.8. The summed E-state index contributed by atoms with van der Waals surface area (Å²) in [5.74, 6) is 0. The smallest absolute Gasteiger partial charge is 0.0541 e. The minimum absolute atomic E-state index is 1.13. The summed E-state index contributed by atoms with van der Waals surface area (Å²) in [5.41, 5.74) is 3.52. The van der Waals surface area contributed by atoms with Gasteiger partial charge in [-0.3, -0.25) is 0 Å². The molecule has 0 unspecified atom stereocenters. The molecule has 7 aromatic carbocycles. The number of benzene rings is 7. The van der Waals surface area contributed by atoms with Crippen LogP contribution < -0.4 is 31.8 Å². The summed E-state index contributed by atoms with van der Waals surface area (Å²) in [4.78, 5) is 0. The van der Waals surface area contributed by atoms with Gasteiger partial charge >= 0.3 is 0 Å². The van der Waals surface area contributed by atoms with Gasteiger partial charge in [0.25, 0.3) is 0 Å². The summed E-state index contributed by atoms with van der Waals surface area (Å²) in [6, 6.07) is 68.3. The van der Waals surface area contributed by atoms with Crippen molar-refractivity contribution in [2.24, 2.45) is 0 Å². The molecule has 1 aromatic heterocycles. The number of hydrogen-bond acceptors (Lipinski definition) is 0. The van der Waals surface area contributed by atoms with Crippen LogP contribution in [0.1, 0.15) is 0 Å². The number of fused-ring (bicyclic) bond motifs is 3. The Kier molecular flexibility index (Phi) is 7.46.